The molecule has 0 unspecified atom stereocenters. The first-order valence-corrected chi connectivity index (χ1v) is 6.39. The van der Waals surface area contributed by atoms with Gasteiger partial charge in [0.2, 0.25) is 0 Å². The molecule has 4 nitrogen and oxygen atoms in total. The molecule has 6 heteroatoms. The Labute approximate surface area is 114 Å². The second kappa shape index (κ2) is 4.97. The number of anilines is 1. The third kappa shape index (κ3) is 2.58. The van der Waals surface area contributed by atoms with Crippen LogP contribution in [-0.2, 0) is 0 Å². The molecule has 0 radical (unpaired) electrons. The largest absolute Gasteiger partial charge is 0.476 e. The summed E-state index contributed by atoms with van der Waals surface area (Å²) in [5.74, 6) is -1.46. The van der Waals surface area contributed by atoms with E-state index in [0.29, 0.717) is 21.1 Å². The number of carboxylic acid groups (broad SMARTS) is 1. The summed E-state index contributed by atoms with van der Waals surface area (Å²) in [5.41, 5.74) is 1.01. The number of aryl methyl sites for hydroxylation is 1. The van der Waals surface area contributed by atoms with Gasteiger partial charge in [0.1, 0.15) is 5.82 Å². The summed E-state index contributed by atoms with van der Waals surface area (Å²) in [4.78, 5) is 17.5. The van der Waals surface area contributed by atoms with Crippen LogP contribution in [0.25, 0.3) is 10.4 Å². The van der Waals surface area contributed by atoms with Gasteiger partial charge in [-0.1, -0.05) is 23.5 Å². The first kappa shape index (κ1) is 13.5. The van der Waals surface area contributed by atoms with E-state index in [1.54, 1.807) is 38.1 Å². The highest BCUT2D eigenvalue weighted by Gasteiger charge is 2.20. The van der Waals surface area contributed by atoms with Crippen LogP contribution in [0.2, 0.25) is 0 Å². The minimum Gasteiger partial charge on any atom is -0.476 e. The van der Waals surface area contributed by atoms with E-state index in [0.717, 1.165) is 0 Å². The molecule has 0 aliphatic heterocycles. The van der Waals surface area contributed by atoms with Gasteiger partial charge in [-0.15, -0.1) is 0 Å². The van der Waals surface area contributed by atoms with Gasteiger partial charge in [0.15, 0.2) is 10.8 Å². The van der Waals surface area contributed by atoms with Crippen molar-refractivity contribution < 1.29 is 14.3 Å². The first-order chi connectivity index (χ1) is 8.90. The van der Waals surface area contributed by atoms with Crippen LogP contribution in [0, 0.1) is 12.7 Å². The molecule has 0 aliphatic carbocycles. The Balaban J connectivity index is 2.59. The molecule has 0 spiro atoms. The molecule has 0 saturated heterocycles. The summed E-state index contributed by atoms with van der Waals surface area (Å²) in [5, 5.41) is 9.76. The lowest BCUT2D eigenvalue weighted by molar-refractivity contribution is 0.0692. The number of carboxylic acids is 1. The molecule has 0 bridgehead atoms. The van der Waals surface area contributed by atoms with Crippen LogP contribution in [0.5, 0.6) is 0 Å². The van der Waals surface area contributed by atoms with E-state index in [4.69, 9.17) is 0 Å². The van der Waals surface area contributed by atoms with Crippen LogP contribution in [0.3, 0.4) is 0 Å². The fourth-order valence-corrected chi connectivity index (χ4v) is 2.55. The van der Waals surface area contributed by atoms with Crippen molar-refractivity contribution in [1.29, 1.82) is 0 Å². The molecule has 0 aliphatic rings. The Kier molecular flexibility index (Phi) is 3.53. The summed E-state index contributed by atoms with van der Waals surface area (Å²) >= 11 is 1.23. The number of benzene rings is 1. The smallest absolute Gasteiger partial charge is 0.356 e. The summed E-state index contributed by atoms with van der Waals surface area (Å²) in [6.07, 6.45) is 0. The van der Waals surface area contributed by atoms with Crippen LogP contribution in [0.15, 0.2) is 18.2 Å². The van der Waals surface area contributed by atoms with Gasteiger partial charge in [0, 0.05) is 14.1 Å². The number of thiazole rings is 1. The quantitative estimate of drug-likeness (QED) is 0.939. The Morgan fingerprint density at radius 1 is 1.42 bits per heavy atom. The highest BCUT2D eigenvalue weighted by atomic mass is 32.1. The van der Waals surface area contributed by atoms with Gasteiger partial charge in [-0.2, -0.15) is 0 Å². The molecule has 100 valence electrons. The summed E-state index contributed by atoms with van der Waals surface area (Å²) < 4.78 is 13.6. The number of halogens is 1. The zero-order chi connectivity index (χ0) is 14.2. The van der Waals surface area contributed by atoms with Gasteiger partial charge in [0.25, 0.3) is 0 Å². The Morgan fingerprint density at radius 3 is 2.63 bits per heavy atom. The summed E-state index contributed by atoms with van der Waals surface area (Å²) in [6.45, 7) is 1.66. The molecule has 0 fully saturated rings. The van der Waals surface area contributed by atoms with E-state index in [9.17, 15) is 14.3 Å². The third-order valence-corrected chi connectivity index (χ3v) is 3.91. The fourth-order valence-electron chi connectivity index (χ4n) is 1.57. The Bertz CT molecular complexity index is 638. The predicted molar refractivity (Wildman–Crippen MR) is 73.5 cm³/mol. The van der Waals surface area contributed by atoms with Crippen LogP contribution in [0.4, 0.5) is 9.52 Å². The van der Waals surface area contributed by atoms with E-state index in [1.807, 2.05) is 0 Å². The van der Waals surface area contributed by atoms with Crippen molar-refractivity contribution in [3.05, 3.63) is 35.3 Å². The molecule has 0 amide bonds. The Hall–Kier alpha value is -1.95. The van der Waals surface area contributed by atoms with Crippen LogP contribution in [0.1, 0.15) is 16.1 Å². The maximum atomic E-state index is 13.6. The van der Waals surface area contributed by atoms with E-state index in [-0.39, 0.29) is 11.5 Å². The van der Waals surface area contributed by atoms with Gasteiger partial charge in [-0.05, 0) is 24.1 Å². The zero-order valence-corrected chi connectivity index (χ0v) is 11.6. The van der Waals surface area contributed by atoms with Gasteiger partial charge in [-0.3, -0.25) is 0 Å². The van der Waals surface area contributed by atoms with Gasteiger partial charge >= 0.3 is 5.97 Å². The number of hydrogen-bond acceptors (Lipinski definition) is 4. The topological polar surface area (TPSA) is 53.4 Å². The van der Waals surface area contributed by atoms with Crippen LogP contribution in [-0.4, -0.2) is 30.2 Å². The lowest BCUT2D eigenvalue weighted by Crippen LogP contribution is -2.08. The van der Waals surface area contributed by atoms with Gasteiger partial charge < -0.3 is 10.0 Å². The number of aromatic nitrogens is 1. The van der Waals surface area contributed by atoms with Crippen molar-refractivity contribution in [3.8, 4) is 10.4 Å². The maximum absolute atomic E-state index is 13.6. The van der Waals surface area contributed by atoms with Crippen molar-refractivity contribution in [1.82, 2.24) is 4.98 Å². The van der Waals surface area contributed by atoms with Gasteiger partial charge in [-0.25, -0.2) is 14.2 Å². The third-order valence-electron chi connectivity index (χ3n) is 2.64. The standard InChI is InChI=1S/C13H13FN2O2S/c1-7-4-5-8(6-9(7)14)11-10(12(17)18)15-13(19-11)16(2)3/h4-6H,1-3H3,(H,17,18). The molecule has 1 aromatic heterocycles. The van der Waals surface area contributed by atoms with Crippen molar-refractivity contribution >= 4 is 22.4 Å². The molecular weight excluding hydrogens is 267 g/mol. The molecule has 19 heavy (non-hydrogen) atoms. The number of carbonyl (C=O) groups is 1. The van der Waals surface area contributed by atoms with Crippen molar-refractivity contribution in [2.75, 3.05) is 19.0 Å². The number of hydrogen-bond donors (Lipinski definition) is 1. The van der Waals surface area contributed by atoms with Crippen molar-refractivity contribution in [2.24, 2.45) is 0 Å². The van der Waals surface area contributed by atoms with E-state index in [1.165, 1.54) is 17.4 Å². The molecule has 1 N–H and O–H groups in total. The molecule has 1 aromatic carbocycles. The van der Waals surface area contributed by atoms with Crippen molar-refractivity contribution in [3.63, 3.8) is 0 Å². The number of aromatic carboxylic acids is 1. The van der Waals surface area contributed by atoms with E-state index in [2.05, 4.69) is 4.98 Å². The van der Waals surface area contributed by atoms with Crippen LogP contribution < -0.4 is 4.90 Å². The fraction of sp³-hybridized carbons (Fsp3) is 0.231. The average molecular weight is 280 g/mol. The summed E-state index contributed by atoms with van der Waals surface area (Å²) in [6, 6.07) is 4.68. The number of rotatable bonds is 3. The SMILES string of the molecule is Cc1ccc(-c2sc(N(C)C)nc2C(=O)O)cc1F. The molecular formula is C13H13FN2O2S. The molecule has 1 heterocycles. The molecule has 2 rings (SSSR count). The monoisotopic (exact) mass is 280 g/mol. The van der Waals surface area contributed by atoms with Gasteiger partial charge in [0.05, 0.1) is 4.88 Å². The zero-order valence-electron chi connectivity index (χ0n) is 10.8. The second-order valence-corrected chi connectivity index (χ2v) is 5.32. The predicted octanol–water partition coefficient (Wildman–Crippen LogP) is 3.02. The molecule has 2 aromatic rings. The highest BCUT2D eigenvalue weighted by molar-refractivity contribution is 7.19. The number of nitrogens with zero attached hydrogens (tertiary/aromatic N) is 2. The normalized spacial score (nSPS) is 10.5. The minimum absolute atomic E-state index is 0.0445. The lowest BCUT2D eigenvalue weighted by Gasteiger charge is -2.05. The van der Waals surface area contributed by atoms with E-state index >= 15 is 0 Å². The second-order valence-electron chi connectivity index (χ2n) is 4.34. The minimum atomic E-state index is -1.11. The Morgan fingerprint density at radius 2 is 2.11 bits per heavy atom. The van der Waals surface area contributed by atoms with Crippen LogP contribution >= 0.6 is 11.3 Å². The average Bonchev–Trinajstić information content (AvgIpc) is 2.78. The lowest BCUT2D eigenvalue weighted by atomic mass is 10.1. The molecule has 0 saturated carbocycles. The molecule has 0 atom stereocenters. The maximum Gasteiger partial charge on any atom is 0.356 e. The highest BCUT2D eigenvalue weighted by Crippen LogP contribution is 2.34. The van der Waals surface area contributed by atoms with Crippen molar-refractivity contribution in [2.45, 2.75) is 6.92 Å². The van der Waals surface area contributed by atoms with E-state index < -0.39 is 5.97 Å². The summed E-state index contributed by atoms with van der Waals surface area (Å²) in [7, 11) is 3.56. The first-order valence-electron chi connectivity index (χ1n) is 5.58.